The monoisotopic (exact) mass is 423 g/mol. The van der Waals surface area contributed by atoms with Crippen LogP contribution in [0.2, 0.25) is 0 Å². The molecule has 0 aromatic heterocycles. The van der Waals surface area contributed by atoms with Crippen molar-refractivity contribution in [2.75, 3.05) is 0 Å². The SMILES string of the molecule is CC(Cc1ccccc1)c1ccccc1.O=[C-]O.O=[C-]O.[Cl][Ru+2]. The van der Waals surface area contributed by atoms with Crippen LogP contribution in [0.1, 0.15) is 24.0 Å². The Kier molecular flexibility index (Phi) is 18.8. The van der Waals surface area contributed by atoms with Crippen LogP contribution in [0.15, 0.2) is 60.7 Å². The number of hydrogen-bond donors (Lipinski definition) is 2. The van der Waals surface area contributed by atoms with Crippen LogP contribution in [-0.4, -0.2) is 23.2 Å². The zero-order chi connectivity index (χ0) is 17.9. The Bertz CT molecular complexity index is 488. The first-order valence-corrected chi connectivity index (χ1v) is 8.68. The average Bonchev–Trinajstić information content (AvgIpc) is 2.60. The summed E-state index contributed by atoms with van der Waals surface area (Å²) in [5.41, 5.74) is 2.83. The predicted octanol–water partition coefficient (Wildman–Crippen LogP) is 3.94. The van der Waals surface area contributed by atoms with Crippen LogP contribution in [0.25, 0.3) is 0 Å². The van der Waals surface area contributed by atoms with Gasteiger partial charge in [0.15, 0.2) is 0 Å². The first kappa shape index (κ1) is 23.6. The summed E-state index contributed by atoms with van der Waals surface area (Å²) < 4.78 is 0. The Balaban J connectivity index is 0. The van der Waals surface area contributed by atoms with Crippen molar-refractivity contribution in [1.82, 2.24) is 0 Å². The van der Waals surface area contributed by atoms with E-state index >= 15 is 0 Å². The second kappa shape index (κ2) is 18.3. The maximum atomic E-state index is 8.24. The Morgan fingerprint density at radius 2 is 1.26 bits per heavy atom. The number of aliphatic hydroxyl groups excluding tert-OH is 2. The van der Waals surface area contributed by atoms with Gasteiger partial charge in [0.2, 0.25) is 0 Å². The zero-order valence-corrected chi connectivity index (χ0v) is 15.0. The van der Waals surface area contributed by atoms with Crippen LogP contribution in [-0.2, 0) is 33.3 Å². The van der Waals surface area contributed by atoms with E-state index in [1.54, 1.807) is 0 Å². The van der Waals surface area contributed by atoms with Crippen molar-refractivity contribution in [3.63, 3.8) is 0 Å². The summed E-state index contributed by atoms with van der Waals surface area (Å²) in [6, 6.07) is 21.4. The Morgan fingerprint density at radius 1 is 0.913 bits per heavy atom. The number of halogens is 1. The second-order valence-electron chi connectivity index (χ2n) is 4.18. The molecule has 0 aliphatic rings. The maximum absolute atomic E-state index is 8.24. The molecule has 1 unspecified atom stereocenters. The molecule has 0 radical (unpaired) electrons. The fourth-order valence-corrected chi connectivity index (χ4v) is 1.87. The summed E-state index contributed by atoms with van der Waals surface area (Å²) >= 11 is 1.82. The molecule has 4 nitrogen and oxygen atoms in total. The van der Waals surface area contributed by atoms with Crippen LogP contribution in [0, 0.1) is 0 Å². The van der Waals surface area contributed by atoms with Crippen molar-refractivity contribution >= 4 is 22.6 Å². The van der Waals surface area contributed by atoms with Gasteiger partial charge in [0.05, 0.1) is 0 Å². The van der Waals surface area contributed by atoms with Gasteiger partial charge in [-0.2, -0.15) is 0 Å². The van der Waals surface area contributed by atoms with Gasteiger partial charge in [-0.05, 0) is 23.5 Å². The van der Waals surface area contributed by atoms with Gasteiger partial charge in [-0.15, -0.1) is 0 Å². The van der Waals surface area contributed by atoms with Crippen LogP contribution >= 0.6 is 9.69 Å². The van der Waals surface area contributed by atoms with Crippen molar-refractivity contribution in [2.45, 2.75) is 19.3 Å². The molecule has 2 N–H and O–H groups in total. The molecule has 0 bridgehead atoms. The summed E-state index contributed by atoms with van der Waals surface area (Å²) in [7, 11) is 4.57. The third kappa shape index (κ3) is 13.7. The van der Waals surface area contributed by atoms with E-state index < -0.39 is 0 Å². The summed E-state index contributed by atoms with van der Waals surface area (Å²) in [6.45, 7) is 3.28. The topological polar surface area (TPSA) is 74.6 Å². The fourth-order valence-electron chi connectivity index (χ4n) is 1.87. The van der Waals surface area contributed by atoms with E-state index in [4.69, 9.17) is 19.8 Å². The molecule has 2 rings (SSSR count). The summed E-state index contributed by atoms with van der Waals surface area (Å²) in [5, 5.41) is 13.5. The molecule has 0 fully saturated rings. The quantitative estimate of drug-likeness (QED) is 0.580. The first-order valence-electron chi connectivity index (χ1n) is 6.44. The Labute approximate surface area is 150 Å². The van der Waals surface area contributed by atoms with E-state index in [0.29, 0.717) is 18.9 Å². The Hall–Kier alpha value is -1.71. The van der Waals surface area contributed by atoms with Crippen molar-refractivity contribution < 1.29 is 37.1 Å². The van der Waals surface area contributed by atoms with Gasteiger partial charge in [0.1, 0.15) is 0 Å². The molecule has 2 aromatic carbocycles. The molecule has 0 amide bonds. The van der Waals surface area contributed by atoms with E-state index in [9.17, 15) is 0 Å². The summed E-state index contributed by atoms with van der Waals surface area (Å²) in [5.74, 6) is 0.591. The van der Waals surface area contributed by atoms with Crippen molar-refractivity contribution in [3.05, 3.63) is 71.8 Å². The molecule has 0 saturated heterocycles. The van der Waals surface area contributed by atoms with Gasteiger partial charge in [-0.25, -0.2) is 0 Å². The summed E-state index contributed by atoms with van der Waals surface area (Å²) in [4.78, 5) is 16.5. The normalized spacial score (nSPS) is 9.30. The third-order valence-electron chi connectivity index (χ3n) is 2.75. The van der Waals surface area contributed by atoms with Gasteiger partial charge < -0.3 is 19.8 Å². The molecule has 6 heteroatoms. The molecule has 2 aromatic rings. The molecule has 0 saturated carbocycles. The molecule has 0 aliphatic carbocycles. The molecule has 0 heterocycles. The fraction of sp³-hybridized carbons (Fsp3) is 0.176. The summed E-state index contributed by atoms with van der Waals surface area (Å²) in [6.07, 6.45) is 1.12. The molecular weight excluding hydrogens is 405 g/mol. The average molecular weight is 423 g/mol. The van der Waals surface area contributed by atoms with Gasteiger partial charge >= 0.3 is 27.0 Å². The number of rotatable bonds is 3. The van der Waals surface area contributed by atoms with E-state index in [1.807, 2.05) is 17.3 Å². The van der Waals surface area contributed by atoms with Crippen molar-refractivity contribution in [1.29, 1.82) is 0 Å². The number of benzene rings is 2. The van der Waals surface area contributed by atoms with Gasteiger partial charge in [-0.3, -0.25) is 0 Å². The third-order valence-corrected chi connectivity index (χ3v) is 2.75. The minimum absolute atomic E-state index is 0.500. The zero-order valence-electron chi connectivity index (χ0n) is 12.5. The van der Waals surface area contributed by atoms with Crippen LogP contribution in [0.3, 0.4) is 0 Å². The first-order chi connectivity index (χ1) is 11.2. The molecule has 0 spiro atoms. The molecule has 125 valence electrons. The molecular formula is C17H18ClO4Ru. The van der Waals surface area contributed by atoms with Crippen molar-refractivity contribution in [3.8, 4) is 0 Å². The van der Waals surface area contributed by atoms with Crippen LogP contribution < -0.4 is 0 Å². The van der Waals surface area contributed by atoms with E-state index in [2.05, 4.69) is 77.3 Å². The Morgan fingerprint density at radius 3 is 1.65 bits per heavy atom. The standard InChI is InChI=1S/C15H16.2CHO2.ClH.Ru/c1-13(15-10-6-3-7-11-15)12-14-8-4-2-5-9-14;2*2-1-3;;/h2-11,13H,12H2,1H3;2*(H,2,3);1H;/q;2*-1;;+3/p-1. The van der Waals surface area contributed by atoms with Crippen LogP contribution in [0.4, 0.5) is 0 Å². The second-order valence-corrected chi connectivity index (χ2v) is 4.18. The van der Waals surface area contributed by atoms with Gasteiger partial charge in [0, 0.05) is 0 Å². The van der Waals surface area contributed by atoms with E-state index in [-0.39, 0.29) is 0 Å². The van der Waals surface area contributed by atoms with Crippen LogP contribution in [0.5, 0.6) is 0 Å². The van der Waals surface area contributed by atoms with E-state index in [0.717, 1.165) is 6.42 Å². The van der Waals surface area contributed by atoms with Crippen molar-refractivity contribution in [2.24, 2.45) is 0 Å². The molecule has 0 aliphatic heterocycles. The predicted molar refractivity (Wildman–Crippen MR) is 87.5 cm³/mol. The molecule has 1 atom stereocenters. The molecule has 23 heavy (non-hydrogen) atoms. The van der Waals surface area contributed by atoms with Gasteiger partial charge in [0.25, 0.3) is 0 Å². The number of hydrogen-bond acceptors (Lipinski definition) is 2. The minimum atomic E-state index is 0.500. The van der Waals surface area contributed by atoms with E-state index in [1.165, 1.54) is 11.1 Å². The van der Waals surface area contributed by atoms with Gasteiger partial charge in [-0.1, -0.05) is 80.5 Å².